The molecule has 0 amide bonds. The van der Waals surface area contributed by atoms with Gasteiger partial charge in [0.1, 0.15) is 5.78 Å². The highest BCUT2D eigenvalue weighted by atomic mass is 16.1. The van der Waals surface area contributed by atoms with Crippen molar-refractivity contribution in [1.82, 2.24) is 0 Å². The molecular weight excluding hydrogens is 256 g/mol. The zero-order valence-electron chi connectivity index (χ0n) is 13.1. The fourth-order valence-electron chi connectivity index (χ4n) is 4.96. The van der Waals surface area contributed by atoms with E-state index in [0.29, 0.717) is 23.5 Å². The fraction of sp³-hybridized carbons (Fsp3) is 0.550. The van der Waals surface area contributed by atoms with Crippen LogP contribution in [0.5, 0.6) is 0 Å². The molecule has 110 valence electrons. The molecule has 0 aliphatic heterocycles. The number of fused-ring (bicyclic) bond motifs is 5. The van der Waals surface area contributed by atoms with Gasteiger partial charge in [0, 0.05) is 6.42 Å². The molecule has 0 radical (unpaired) electrons. The monoisotopic (exact) mass is 280 g/mol. The van der Waals surface area contributed by atoms with Gasteiger partial charge >= 0.3 is 0 Å². The summed E-state index contributed by atoms with van der Waals surface area (Å²) in [5, 5.41) is 0. The van der Waals surface area contributed by atoms with Crippen molar-refractivity contribution in [2.24, 2.45) is 17.8 Å². The second-order valence-electron chi connectivity index (χ2n) is 7.68. The normalized spacial score (nSPS) is 33.2. The van der Waals surface area contributed by atoms with Crippen LogP contribution in [-0.4, -0.2) is 5.78 Å². The van der Waals surface area contributed by atoms with Gasteiger partial charge in [-0.3, -0.25) is 4.79 Å². The van der Waals surface area contributed by atoms with Crippen LogP contribution in [0, 0.1) is 17.8 Å². The van der Waals surface area contributed by atoms with Crippen molar-refractivity contribution < 1.29 is 4.79 Å². The highest BCUT2D eigenvalue weighted by Gasteiger charge is 2.55. The highest BCUT2D eigenvalue weighted by molar-refractivity contribution is 5.94. The summed E-state index contributed by atoms with van der Waals surface area (Å²) in [5.74, 6) is 2.27. The largest absolute Gasteiger partial charge is 0.299 e. The van der Waals surface area contributed by atoms with E-state index in [9.17, 15) is 4.79 Å². The van der Waals surface area contributed by atoms with E-state index >= 15 is 0 Å². The molecule has 1 fully saturated rings. The Morgan fingerprint density at radius 3 is 2.76 bits per heavy atom. The molecule has 1 saturated carbocycles. The van der Waals surface area contributed by atoms with E-state index in [0.717, 1.165) is 25.7 Å². The lowest BCUT2D eigenvalue weighted by Gasteiger charge is -2.40. The molecule has 3 aliphatic rings. The lowest BCUT2D eigenvalue weighted by Crippen LogP contribution is -2.43. The summed E-state index contributed by atoms with van der Waals surface area (Å²) in [6.45, 7) is 4.53. The zero-order valence-corrected chi connectivity index (χ0v) is 13.1. The summed E-state index contributed by atoms with van der Waals surface area (Å²) in [5.41, 5.74) is 4.06. The number of hydrogen-bond acceptors (Lipinski definition) is 1. The number of benzene rings is 1. The third-order valence-electron chi connectivity index (χ3n) is 5.81. The Balaban J connectivity index is 1.83. The lowest BCUT2D eigenvalue weighted by molar-refractivity contribution is -0.126. The Hall–Kier alpha value is -1.37. The van der Waals surface area contributed by atoms with Crippen LogP contribution in [0.2, 0.25) is 0 Å². The molecule has 2 bridgehead atoms. The Labute approximate surface area is 127 Å². The molecule has 1 spiro atoms. The molecule has 4 rings (SSSR count). The van der Waals surface area contributed by atoms with Crippen molar-refractivity contribution in [3.63, 3.8) is 0 Å². The topological polar surface area (TPSA) is 17.1 Å². The number of rotatable bonds is 2. The fourth-order valence-corrected chi connectivity index (χ4v) is 4.96. The zero-order chi connectivity index (χ0) is 14.6. The van der Waals surface area contributed by atoms with Crippen LogP contribution < -0.4 is 0 Å². The first-order valence-electron chi connectivity index (χ1n) is 8.43. The van der Waals surface area contributed by atoms with E-state index < -0.39 is 0 Å². The van der Waals surface area contributed by atoms with E-state index in [2.05, 4.69) is 44.2 Å². The number of Topliss-reactive ketones (excluding diaryl/α,β-unsaturated/α-hetero) is 1. The van der Waals surface area contributed by atoms with Gasteiger partial charge in [0.2, 0.25) is 0 Å². The van der Waals surface area contributed by atoms with Crippen molar-refractivity contribution in [2.45, 2.75) is 51.4 Å². The average Bonchev–Trinajstić information content (AvgIpc) is 3.04. The molecule has 0 heterocycles. The maximum Gasteiger partial charge on any atom is 0.144 e. The standard InChI is InChI=1S/C20H24O/c1-13(2)9-14-3-5-16-6-8-19(21)20(18(16)11-14)12-15-4-7-17(20)10-15/h3-5,7,11,13,15,17H,6,8-10,12H2,1-2H3. The summed E-state index contributed by atoms with van der Waals surface area (Å²) in [7, 11) is 0. The van der Waals surface area contributed by atoms with Crippen LogP contribution in [0.1, 0.15) is 49.8 Å². The van der Waals surface area contributed by atoms with Gasteiger partial charge in [-0.1, -0.05) is 44.2 Å². The van der Waals surface area contributed by atoms with Crippen LogP contribution in [0.4, 0.5) is 0 Å². The van der Waals surface area contributed by atoms with Gasteiger partial charge in [-0.05, 0) is 60.1 Å². The number of ketones is 1. The van der Waals surface area contributed by atoms with Gasteiger partial charge in [-0.2, -0.15) is 0 Å². The predicted octanol–water partition coefficient (Wildman–Crippen LogP) is 4.23. The number of carbonyl (C=O) groups is 1. The second kappa shape index (κ2) is 4.56. The number of hydrogen-bond donors (Lipinski definition) is 0. The summed E-state index contributed by atoms with van der Waals surface area (Å²) in [6, 6.07) is 6.96. The van der Waals surface area contributed by atoms with Gasteiger partial charge in [-0.15, -0.1) is 0 Å². The summed E-state index contributed by atoms with van der Waals surface area (Å²) in [4.78, 5) is 12.9. The van der Waals surface area contributed by atoms with E-state index in [1.165, 1.54) is 23.1 Å². The minimum atomic E-state index is -0.167. The Kier molecular flexibility index (Phi) is 2.89. The van der Waals surface area contributed by atoms with Gasteiger partial charge in [0.05, 0.1) is 5.41 Å². The molecule has 1 heteroatoms. The smallest absolute Gasteiger partial charge is 0.144 e. The number of aryl methyl sites for hydroxylation is 1. The van der Waals surface area contributed by atoms with Crippen molar-refractivity contribution in [3.8, 4) is 0 Å². The third kappa shape index (κ3) is 1.86. The molecule has 1 aromatic carbocycles. The van der Waals surface area contributed by atoms with Crippen molar-refractivity contribution in [3.05, 3.63) is 47.0 Å². The molecule has 3 aliphatic carbocycles. The molecule has 0 N–H and O–H groups in total. The minimum absolute atomic E-state index is 0.167. The molecule has 0 aromatic heterocycles. The second-order valence-corrected chi connectivity index (χ2v) is 7.68. The lowest BCUT2D eigenvalue weighted by atomic mass is 9.62. The Bertz CT molecular complexity index is 625. The maximum atomic E-state index is 12.9. The van der Waals surface area contributed by atoms with Crippen LogP contribution in [0.3, 0.4) is 0 Å². The summed E-state index contributed by atoms with van der Waals surface area (Å²) in [6.07, 6.45) is 9.73. The molecule has 3 atom stereocenters. The predicted molar refractivity (Wildman–Crippen MR) is 85.3 cm³/mol. The highest BCUT2D eigenvalue weighted by Crippen LogP contribution is 2.56. The first-order chi connectivity index (χ1) is 10.1. The van der Waals surface area contributed by atoms with Crippen LogP contribution in [0.15, 0.2) is 30.4 Å². The molecule has 1 aromatic rings. The first-order valence-corrected chi connectivity index (χ1v) is 8.43. The number of allylic oxidation sites excluding steroid dienone is 2. The summed E-state index contributed by atoms with van der Waals surface area (Å²) < 4.78 is 0. The van der Waals surface area contributed by atoms with Crippen LogP contribution in [-0.2, 0) is 23.1 Å². The van der Waals surface area contributed by atoms with Gasteiger partial charge < -0.3 is 0 Å². The van der Waals surface area contributed by atoms with Gasteiger partial charge in [0.15, 0.2) is 0 Å². The van der Waals surface area contributed by atoms with Gasteiger partial charge in [0.25, 0.3) is 0 Å². The molecule has 3 unspecified atom stereocenters. The summed E-state index contributed by atoms with van der Waals surface area (Å²) >= 11 is 0. The first kappa shape index (κ1) is 13.3. The molecule has 0 saturated heterocycles. The van der Waals surface area contributed by atoms with E-state index in [1.807, 2.05) is 0 Å². The quantitative estimate of drug-likeness (QED) is 0.741. The Morgan fingerprint density at radius 2 is 2.10 bits per heavy atom. The van der Waals surface area contributed by atoms with Crippen LogP contribution >= 0.6 is 0 Å². The minimum Gasteiger partial charge on any atom is -0.299 e. The maximum absolute atomic E-state index is 12.9. The van der Waals surface area contributed by atoms with Crippen LogP contribution in [0.25, 0.3) is 0 Å². The van der Waals surface area contributed by atoms with E-state index in [1.54, 1.807) is 0 Å². The van der Waals surface area contributed by atoms with Gasteiger partial charge in [-0.25, -0.2) is 0 Å². The van der Waals surface area contributed by atoms with E-state index in [-0.39, 0.29) is 5.41 Å². The van der Waals surface area contributed by atoms with Crippen molar-refractivity contribution in [1.29, 1.82) is 0 Å². The molecule has 21 heavy (non-hydrogen) atoms. The average molecular weight is 280 g/mol. The Morgan fingerprint density at radius 1 is 1.24 bits per heavy atom. The molecule has 1 nitrogen and oxygen atoms in total. The van der Waals surface area contributed by atoms with Crippen molar-refractivity contribution >= 4 is 5.78 Å². The van der Waals surface area contributed by atoms with Crippen molar-refractivity contribution in [2.75, 3.05) is 0 Å². The molecular formula is C20H24O. The van der Waals surface area contributed by atoms with E-state index in [4.69, 9.17) is 0 Å². The third-order valence-corrected chi connectivity index (χ3v) is 5.81. The SMILES string of the molecule is CC(C)Cc1ccc2c(c1)C1(CC3C=CC1C3)C(=O)CC2. The number of carbonyl (C=O) groups excluding carboxylic acids is 1.